The molecule has 0 saturated heterocycles. The molecule has 0 bridgehead atoms. The molecule has 1 aliphatic rings. The van der Waals surface area contributed by atoms with Crippen LogP contribution in [0.5, 0.6) is 5.75 Å². The molecule has 1 aliphatic heterocycles. The Morgan fingerprint density at radius 1 is 0.833 bits per heavy atom. The molecular weight excluding hydrogens is 446 g/mol. The maximum Gasteiger partial charge on any atom is 0.271 e. The fraction of sp³-hybridized carbons (Fsp3) is 0.161. The Kier molecular flexibility index (Phi) is 7.49. The third kappa shape index (κ3) is 6.06. The fourth-order valence-corrected chi connectivity index (χ4v) is 4.54. The minimum absolute atomic E-state index is 0.236. The van der Waals surface area contributed by atoms with Crippen molar-refractivity contribution in [2.75, 3.05) is 6.54 Å². The van der Waals surface area contributed by atoms with Crippen LogP contribution in [0.4, 0.5) is 0 Å². The molecule has 0 aromatic heterocycles. The van der Waals surface area contributed by atoms with Crippen molar-refractivity contribution in [3.8, 4) is 5.75 Å². The number of hydrogen-bond acceptors (Lipinski definition) is 3. The van der Waals surface area contributed by atoms with Gasteiger partial charge in [0.2, 0.25) is 0 Å². The number of ether oxygens (including phenoxy) is 1. The summed E-state index contributed by atoms with van der Waals surface area (Å²) in [6, 6.07) is 34.2. The van der Waals surface area contributed by atoms with Gasteiger partial charge in [0.05, 0.1) is 12.8 Å². The van der Waals surface area contributed by atoms with Gasteiger partial charge in [0.15, 0.2) is 0 Å². The molecule has 0 saturated carbocycles. The Morgan fingerprint density at radius 2 is 1.56 bits per heavy atom. The zero-order chi connectivity index (χ0) is 24.6. The van der Waals surface area contributed by atoms with Crippen LogP contribution in [0.3, 0.4) is 0 Å². The number of carbonyl (C=O) groups excluding carboxylic acids is 1. The number of hydrazone groups is 1. The lowest BCUT2D eigenvalue weighted by molar-refractivity contribution is -0.929. The van der Waals surface area contributed by atoms with Gasteiger partial charge >= 0.3 is 0 Å². The highest BCUT2D eigenvalue weighted by Crippen LogP contribution is 2.17. The lowest BCUT2D eigenvalue weighted by atomic mass is 9.99. The number of benzene rings is 4. The molecule has 5 heteroatoms. The van der Waals surface area contributed by atoms with Gasteiger partial charge in [-0.15, -0.1) is 0 Å². The molecule has 1 heterocycles. The first-order valence-corrected chi connectivity index (χ1v) is 12.3. The van der Waals surface area contributed by atoms with Crippen LogP contribution in [0.15, 0.2) is 108 Å². The highest BCUT2D eigenvalue weighted by molar-refractivity contribution is 5.95. The summed E-state index contributed by atoms with van der Waals surface area (Å²) in [7, 11) is 0. The maximum absolute atomic E-state index is 12.6. The summed E-state index contributed by atoms with van der Waals surface area (Å²) < 4.78 is 5.95. The number of nitrogens with one attached hydrogen (secondary N) is 2. The van der Waals surface area contributed by atoms with E-state index in [0.29, 0.717) is 17.9 Å². The summed E-state index contributed by atoms with van der Waals surface area (Å²) in [4.78, 5) is 14.2. The Labute approximate surface area is 212 Å². The zero-order valence-corrected chi connectivity index (χ0v) is 20.2. The van der Waals surface area contributed by atoms with Crippen LogP contribution in [0.2, 0.25) is 0 Å². The number of fused-ring (bicyclic) bond motifs is 1. The number of amides is 1. The van der Waals surface area contributed by atoms with Gasteiger partial charge in [-0.25, -0.2) is 5.43 Å². The Bertz CT molecular complexity index is 1330. The van der Waals surface area contributed by atoms with Gasteiger partial charge in [0.1, 0.15) is 25.4 Å². The van der Waals surface area contributed by atoms with E-state index in [1.807, 2.05) is 78.9 Å². The second-order valence-corrected chi connectivity index (χ2v) is 9.08. The van der Waals surface area contributed by atoms with E-state index in [1.54, 1.807) is 11.1 Å². The zero-order valence-electron chi connectivity index (χ0n) is 20.2. The van der Waals surface area contributed by atoms with Gasteiger partial charge in [-0.2, -0.15) is 5.10 Å². The van der Waals surface area contributed by atoms with Gasteiger partial charge in [0.25, 0.3) is 5.91 Å². The second kappa shape index (κ2) is 11.5. The van der Waals surface area contributed by atoms with Crippen LogP contribution in [-0.4, -0.2) is 18.7 Å². The summed E-state index contributed by atoms with van der Waals surface area (Å²) in [6.07, 6.45) is 2.73. The van der Waals surface area contributed by atoms with Crippen molar-refractivity contribution in [1.29, 1.82) is 0 Å². The number of para-hydroxylation sites is 1. The highest BCUT2D eigenvalue weighted by atomic mass is 16.5. The van der Waals surface area contributed by atoms with Crippen LogP contribution in [0.25, 0.3) is 0 Å². The van der Waals surface area contributed by atoms with Crippen molar-refractivity contribution in [3.63, 3.8) is 0 Å². The molecule has 1 atom stereocenters. The van der Waals surface area contributed by atoms with E-state index in [-0.39, 0.29) is 5.91 Å². The first-order valence-electron chi connectivity index (χ1n) is 12.3. The third-order valence-electron chi connectivity index (χ3n) is 6.50. The van der Waals surface area contributed by atoms with E-state index in [0.717, 1.165) is 37.2 Å². The lowest BCUT2D eigenvalue weighted by Crippen LogP contribution is -3.10. The fourth-order valence-electron chi connectivity index (χ4n) is 4.54. The second-order valence-electron chi connectivity index (χ2n) is 9.08. The Hall–Kier alpha value is -4.22. The number of hydrogen-bond donors (Lipinski definition) is 2. The van der Waals surface area contributed by atoms with Gasteiger partial charge < -0.3 is 9.64 Å². The van der Waals surface area contributed by atoms with Crippen LogP contribution >= 0.6 is 0 Å². The number of quaternary nitrogens is 1. The summed E-state index contributed by atoms with van der Waals surface area (Å²) in [6.45, 7) is 3.60. The average Bonchev–Trinajstić information content (AvgIpc) is 2.93. The molecule has 36 heavy (non-hydrogen) atoms. The molecule has 1 amide bonds. The lowest BCUT2D eigenvalue weighted by Gasteiger charge is -2.26. The smallest absolute Gasteiger partial charge is 0.271 e. The maximum atomic E-state index is 12.6. The Morgan fingerprint density at radius 3 is 2.39 bits per heavy atom. The van der Waals surface area contributed by atoms with Crippen molar-refractivity contribution in [2.24, 2.45) is 5.10 Å². The molecule has 0 radical (unpaired) electrons. The minimum Gasteiger partial charge on any atom is -0.488 e. The van der Waals surface area contributed by atoms with Crippen LogP contribution in [0, 0.1) is 0 Å². The molecule has 0 spiro atoms. The molecule has 5 nitrogen and oxygen atoms in total. The normalized spacial score (nSPS) is 14.8. The SMILES string of the molecule is O=C(N/N=C\c1ccccc1OCc1ccccc1)c1ccc(C[NH+]2CCc3ccccc3C2)cc1. The number of carbonyl (C=O) groups is 1. The van der Waals surface area contributed by atoms with Gasteiger partial charge in [-0.1, -0.05) is 78.9 Å². The van der Waals surface area contributed by atoms with E-state index in [4.69, 9.17) is 4.74 Å². The van der Waals surface area contributed by atoms with E-state index < -0.39 is 0 Å². The largest absolute Gasteiger partial charge is 0.488 e. The third-order valence-corrected chi connectivity index (χ3v) is 6.50. The van der Waals surface area contributed by atoms with Crippen molar-refractivity contribution >= 4 is 12.1 Å². The van der Waals surface area contributed by atoms with Crippen LogP contribution < -0.4 is 15.1 Å². The van der Waals surface area contributed by atoms with E-state index in [1.165, 1.54) is 16.7 Å². The molecule has 4 aromatic carbocycles. The summed E-state index contributed by atoms with van der Waals surface area (Å²) >= 11 is 0. The molecule has 1 unspecified atom stereocenters. The van der Waals surface area contributed by atoms with Crippen molar-refractivity contribution in [1.82, 2.24) is 5.43 Å². The quantitative estimate of drug-likeness (QED) is 0.296. The topological polar surface area (TPSA) is 55.1 Å². The highest BCUT2D eigenvalue weighted by Gasteiger charge is 2.19. The first kappa shape index (κ1) is 23.5. The molecule has 0 fully saturated rings. The summed E-state index contributed by atoms with van der Waals surface area (Å²) in [5, 5.41) is 4.16. The predicted molar refractivity (Wildman–Crippen MR) is 142 cm³/mol. The van der Waals surface area contributed by atoms with Crippen molar-refractivity contribution in [2.45, 2.75) is 26.1 Å². The standard InChI is InChI=1S/C31H29N3O2/c35-31(33-32-20-28-11-6-7-13-30(28)36-23-25-8-2-1-3-9-25)27-16-14-24(15-17-27)21-34-19-18-26-10-4-5-12-29(26)22-34/h1-17,20H,18-19,21-23H2,(H,33,35)/p+1/b32-20-. The van der Waals surface area contributed by atoms with E-state index in [2.05, 4.69) is 34.8 Å². The first-order chi connectivity index (χ1) is 17.7. The van der Waals surface area contributed by atoms with Gasteiger partial charge in [0, 0.05) is 28.7 Å². The summed E-state index contributed by atoms with van der Waals surface area (Å²) in [5.41, 5.74) is 9.25. The van der Waals surface area contributed by atoms with Crippen molar-refractivity contribution in [3.05, 3.63) is 137 Å². The monoisotopic (exact) mass is 476 g/mol. The molecule has 2 N–H and O–H groups in total. The molecule has 5 rings (SSSR count). The van der Waals surface area contributed by atoms with Crippen LogP contribution in [0.1, 0.15) is 38.2 Å². The molecule has 0 aliphatic carbocycles. The van der Waals surface area contributed by atoms with E-state index in [9.17, 15) is 4.79 Å². The molecule has 180 valence electrons. The average molecular weight is 477 g/mol. The summed E-state index contributed by atoms with van der Waals surface area (Å²) in [5.74, 6) is 0.478. The van der Waals surface area contributed by atoms with Crippen molar-refractivity contribution < 1.29 is 14.4 Å². The number of nitrogens with zero attached hydrogens (tertiary/aromatic N) is 1. The van der Waals surface area contributed by atoms with Gasteiger partial charge in [-0.3, -0.25) is 4.79 Å². The Balaban J connectivity index is 1.14. The minimum atomic E-state index is -0.236. The van der Waals surface area contributed by atoms with Crippen LogP contribution in [-0.2, 0) is 26.1 Å². The van der Waals surface area contributed by atoms with E-state index >= 15 is 0 Å². The number of rotatable bonds is 8. The molecular formula is C31H30N3O2+. The molecule has 4 aromatic rings. The van der Waals surface area contributed by atoms with Gasteiger partial charge in [-0.05, 0) is 35.4 Å². The predicted octanol–water partition coefficient (Wildman–Crippen LogP) is 4.17.